The SMILES string of the molecule is CC1CCCC1(CN)C(O)C1CC1. The number of hydrogen-bond donors (Lipinski definition) is 2. The molecule has 2 rings (SSSR count). The van der Waals surface area contributed by atoms with Crippen molar-refractivity contribution in [3.63, 3.8) is 0 Å². The first-order chi connectivity index (χ1) is 6.20. The Labute approximate surface area is 80.5 Å². The fraction of sp³-hybridized carbons (Fsp3) is 1.00. The minimum Gasteiger partial charge on any atom is -0.392 e. The molecule has 2 aliphatic rings. The third-order valence-corrected chi connectivity index (χ3v) is 4.30. The van der Waals surface area contributed by atoms with Gasteiger partial charge in [-0.15, -0.1) is 0 Å². The van der Waals surface area contributed by atoms with E-state index in [0.29, 0.717) is 18.4 Å². The Morgan fingerprint density at radius 1 is 1.46 bits per heavy atom. The van der Waals surface area contributed by atoms with Crippen LogP contribution in [0.4, 0.5) is 0 Å². The molecule has 0 aliphatic heterocycles. The van der Waals surface area contributed by atoms with Crippen molar-refractivity contribution in [2.24, 2.45) is 23.0 Å². The van der Waals surface area contributed by atoms with Gasteiger partial charge in [0.1, 0.15) is 0 Å². The number of aliphatic hydroxyl groups excluding tert-OH is 1. The first-order valence-electron chi connectivity index (χ1n) is 5.59. The number of nitrogens with two attached hydrogens (primary N) is 1. The second kappa shape index (κ2) is 3.25. The standard InChI is InChI=1S/C11H21NO/c1-8-3-2-6-11(8,7-12)10(13)9-4-5-9/h8-10,13H,2-7,12H2,1H3. The molecule has 2 heteroatoms. The van der Waals surface area contributed by atoms with Gasteiger partial charge in [0.2, 0.25) is 0 Å². The van der Waals surface area contributed by atoms with E-state index in [9.17, 15) is 5.11 Å². The molecule has 3 atom stereocenters. The number of aliphatic hydroxyl groups is 1. The van der Waals surface area contributed by atoms with E-state index in [0.717, 1.165) is 6.42 Å². The van der Waals surface area contributed by atoms with E-state index >= 15 is 0 Å². The lowest BCUT2D eigenvalue weighted by Crippen LogP contribution is -2.45. The van der Waals surface area contributed by atoms with Gasteiger partial charge in [0, 0.05) is 12.0 Å². The monoisotopic (exact) mass is 183 g/mol. The molecule has 0 aromatic heterocycles. The van der Waals surface area contributed by atoms with Crippen LogP contribution in [-0.2, 0) is 0 Å². The first kappa shape index (κ1) is 9.47. The van der Waals surface area contributed by atoms with E-state index in [1.54, 1.807) is 0 Å². The van der Waals surface area contributed by atoms with Crippen molar-refractivity contribution in [3.05, 3.63) is 0 Å². The molecule has 0 heterocycles. The molecular weight excluding hydrogens is 162 g/mol. The maximum atomic E-state index is 10.2. The molecule has 0 radical (unpaired) electrons. The summed E-state index contributed by atoms with van der Waals surface area (Å²) in [6, 6.07) is 0. The van der Waals surface area contributed by atoms with E-state index in [1.807, 2.05) is 0 Å². The molecule has 2 aliphatic carbocycles. The summed E-state index contributed by atoms with van der Waals surface area (Å²) < 4.78 is 0. The summed E-state index contributed by atoms with van der Waals surface area (Å²) in [4.78, 5) is 0. The van der Waals surface area contributed by atoms with Gasteiger partial charge in [-0.3, -0.25) is 0 Å². The fourth-order valence-electron chi connectivity index (χ4n) is 3.02. The van der Waals surface area contributed by atoms with Crippen LogP contribution in [0, 0.1) is 17.3 Å². The van der Waals surface area contributed by atoms with E-state index in [2.05, 4.69) is 6.92 Å². The van der Waals surface area contributed by atoms with Crippen LogP contribution in [-0.4, -0.2) is 17.8 Å². The van der Waals surface area contributed by atoms with Crippen molar-refractivity contribution < 1.29 is 5.11 Å². The second-order valence-electron chi connectivity index (χ2n) is 5.01. The summed E-state index contributed by atoms with van der Waals surface area (Å²) in [5.41, 5.74) is 5.94. The molecule has 0 aromatic carbocycles. The minimum absolute atomic E-state index is 0.0706. The predicted octanol–water partition coefficient (Wildman–Crippen LogP) is 1.52. The zero-order valence-corrected chi connectivity index (χ0v) is 8.50. The molecule has 0 spiro atoms. The summed E-state index contributed by atoms with van der Waals surface area (Å²) >= 11 is 0. The number of rotatable bonds is 3. The van der Waals surface area contributed by atoms with Crippen molar-refractivity contribution in [2.45, 2.75) is 45.1 Å². The molecule has 2 fully saturated rings. The van der Waals surface area contributed by atoms with Crippen LogP contribution in [0.2, 0.25) is 0 Å². The van der Waals surface area contributed by atoms with Crippen LogP contribution in [0.1, 0.15) is 39.0 Å². The third kappa shape index (κ3) is 1.40. The van der Waals surface area contributed by atoms with Gasteiger partial charge < -0.3 is 10.8 Å². The van der Waals surface area contributed by atoms with Gasteiger partial charge in [0.25, 0.3) is 0 Å². The molecule has 3 unspecified atom stereocenters. The largest absolute Gasteiger partial charge is 0.392 e. The van der Waals surface area contributed by atoms with Gasteiger partial charge in [-0.05, 0) is 31.1 Å². The summed E-state index contributed by atoms with van der Waals surface area (Å²) in [6.07, 6.45) is 5.96. The molecular formula is C11H21NO. The lowest BCUT2D eigenvalue weighted by Gasteiger charge is -2.37. The van der Waals surface area contributed by atoms with Crippen LogP contribution in [0.15, 0.2) is 0 Å². The van der Waals surface area contributed by atoms with E-state index < -0.39 is 0 Å². The van der Waals surface area contributed by atoms with Gasteiger partial charge >= 0.3 is 0 Å². The Bertz CT molecular complexity index is 191. The lowest BCUT2D eigenvalue weighted by molar-refractivity contribution is -0.00881. The summed E-state index contributed by atoms with van der Waals surface area (Å²) in [7, 11) is 0. The summed E-state index contributed by atoms with van der Waals surface area (Å²) in [5.74, 6) is 1.19. The minimum atomic E-state index is -0.116. The molecule has 0 saturated heterocycles. The smallest absolute Gasteiger partial charge is 0.0639 e. The van der Waals surface area contributed by atoms with Gasteiger partial charge in [0.15, 0.2) is 0 Å². The Morgan fingerprint density at radius 3 is 2.54 bits per heavy atom. The Balaban J connectivity index is 2.12. The molecule has 0 aromatic rings. The van der Waals surface area contributed by atoms with Gasteiger partial charge in [-0.25, -0.2) is 0 Å². The second-order valence-corrected chi connectivity index (χ2v) is 5.01. The molecule has 0 bridgehead atoms. The van der Waals surface area contributed by atoms with Gasteiger partial charge in [-0.2, -0.15) is 0 Å². The quantitative estimate of drug-likeness (QED) is 0.697. The van der Waals surface area contributed by atoms with Crippen molar-refractivity contribution in [2.75, 3.05) is 6.54 Å². The normalized spacial score (nSPS) is 42.2. The molecule has 2 nitrogen and oxygen atoms in total. The van der Waals surface area contributed by atoms with Crippen molar-refractivity contribution >= 4 is 0 Å². The van der Waals surface area contributed by atoms with Crippen molar-refractivity contribution in [1.82, 2.24) is 0 Å². The first-order valence-corrected chi connectivity index (χ1v) is 5.59. The highest BCUT2D eigenvalue weighted by Crippen LogP contribution is 2.51. The highest BCUT2D eigenvalue weighted by molar-refractivity contribution is 5.01. The summed E-state index contributed by atoms with van der Waals surface area (Å²) in [6.45, 7) is 2.93. The maximum Gasteiger partial charge on any atom is 0.0639 e. The highest BCUT2D eigenvalue weighted by Gasteiger charge is 2.50. The molecule has 13 heavy (non-hydrogen) atoms. The van der Waals surface area contributed by atoms with Gasteiger partial charge in [-0.1, -0.05) is 19.8 Å². The molecule has 0 amide bonds. The van der Waals surface area contributed by atoms with E-state index in [4.69, 9.17) is 5.73 Å². The Morgan fingerprint density at radius 2 is 2.15 bits per heavy atom. The Kier molecular flexibility index (Phi) is 2.37. The summed E-state index contributed by atoms with van der Waals surface area (Å²) in [5, 5.41) is 10.2. The lowest BCUT2D eigenvalue weighted by atomic mass is 9.72. The highest BCUT2D eigenvalue weighted by atomic mass is 16.3. The maximum absolute atomic E-state index is 10.2. The predicted molar refractivity (Wildman–Crippen MR) is 53.2 cm³/mol. The Hall–Kier alpha value is -0.0800. The van der Waals surface area contributed by atoms with Crippen molar-refractivity contribution in [3.8, 4) is 0 Å². The molecule has 3 N–H and O–H groups in total. The van der Waals surface area contributed by atoms with Crippen LogP contribution in [0.25, 0.3) is 0 Å². The van der Waals surface area contributed by atoms with Crippen LogP contribution in [0.3, 0.4) is 0 Å². The third-order valence-electron chi connectivity index (χ3n) is 4.30. The topological polar surface area (TPSA) is 46.2 Å². The molecule has 2 saturated carbocycles. The zero-order valence-electron chi connectivity index (χ0n) is 8.50. The van der Waals surface area contributed by atoms with Crippen molar-refractivity contribution in [1.29, 1.82) is 0 Å². The van der Waals surface area contributed by atoms with Crippen LogP contribution < -0.4 is 5.73 Å². The number of hydrogen-bond acceptors (Lipinski definition) is 2. The van der Waals surface area contributed by atoms with E-state index in [-0.39, 0.29) is 11.5 Å². The average molecular weight is 183 g/mol. The van der Waals surface area contributed by atoms with Crippen LogP contribution in [0.5, 0.6) is 0 Å². The fourth-order valence-corrected chi connectivity index (χ4v) is 3.02. The molecule has 76 valence electrons. The van der Waals surface area contributed by atoms with E-state index in [1.165, 1.54) is 25.7 Å². The van der Waals surface area contributed by atoms with Crippen LogP contribution >= 0.6 is 0 Å². The van der Waals surface area contributed by atoms with Gasteiger partial charge in [0.05, 0.1) is 6.10 Å². The average Bonchev–Trinajstić information content (AvgIpc) is 2.90. The zero-order chi connectivity index (χ0) is 9.47.